The molecule has 0 bridgehead atoms. The highest BCUT2D eigenvalue weighted by Crippen LogP contribution is 2.43. The first kappa shape index (κ1) is 15.6. The highest BCUT2D eigenvalue weighted by atomic mass is 32.1. The second kappa shape index (κ2) is 6.51. The molecule has 25 heavy (non-hydrogen) atoms. The number of halogens is 1. The van der Waals surface area contributed by atoms with Crippen LogP contribution in [-0.2, 0) is 0 Å². The molecule has 6 heteroatoms. The largest absolute Gasteiger partial charge is 0.306 e. The van der Waals surface area contributed by atoms with Crippen molar-refractivity contribution in [2.45, 2.75) is 0 Å². The lowest BCUT2D eigenvalue weighted by molar-refractivity contribution is 0.631. The lowest BCUT2D eigenvalue weighted by atomic mass is 10.2. The monoisotopic (exact) mass is 350 g/mol. The highest BCUT2D eigenvalue weighted by molar-refractivity contribution is 7.22. The number of nitrogen functional groups attached to an aromatic ring is 1. The number of rotatable bonds is 4. The minimum atomic E-state index is -0.313. The van der Waals surface area contributed by atoms with Crippen LogP contribution < -0.4 is 16.2 Å². The second-order valence-electron chi connectivity index (χ2n) is 5.41. The molecule has 0 aliphatic carbocycles. The maximum Gasteiger partial charge on any atom is 0.198 e. The molecule has 0 unspecified atom stereocenters. The molecule has 0 saturated carbocycles. The van der Waals surface area contributed by atoms with Crippen LogP contribution in [0.4, 0.5) is 26.6 Å². The van der Waals surface area contributed by atoms with Gasteiger partial charge in [-0.15, -0.1) is 0 Å². The summed E-state index contributed by atoms with van der Waals surface area (Å²) in [5, 5.41) is 0.544. The molecule has 0 radical (unpaired) electrons. The number of nitrogens with zero attached hydrogens (tertiary/aromatic N) is 2. The van der Waals surface area contributed by atoms with E-state index in [1.54, 1.807) is 6.07 Å². The van der Waals surface area contributed by atoms with E-state index in [1.807, 2.05) is 65.6 Å². The van der Waals surface area contributed by atoms with E-state index in [-0.39, 0.29) is 5.82 Å². The fourth-order valence-corrected chi connectivity index (χ4v) is 3.69. The maximum absolute atomic E-state index is 14.9. The summed E-state index contributed by atoms with van der Waals surface area (Å²) in [6.45, 7) is 0. The molecule has 4 aromatic rings. The number of para-hydroxylation sites is 2. The van der Waals surface area contributed by atoms with Gasteiger partial charge in [-0.05, 0) is 36.4 Å². The molecule has 4 nitrogen and oxygen atoms in total. The minimum absolute atomic E-state index is 0.313. The number of hydrazine groups is 1. The average molecular weight is 350 g/mol. The van der Waals surface area contributed by atoms with Crippen molar-refractivity contribution in [1.82, 2.24) is 4.98 Å². The molecule has 124 valence electrons. The van der Waals surface area contributed by atoms with Crippen LogP contribution in [0.3, 0.4) is 0 Å². The summed E-state index contributed by atoms with van der Waals surface area (Å²) in [4.78, 5) is 6.29. The minimum Gasteiger partial charge on any atom is -0.306 e. The predicted octanol–water partition coefficient (Wildman–Crippen LogP) is 5.19. The smallest absolute Gasteiger partial charge is 0.198 e. The first-order valence-electron chi connectivity index (χ1n) is 7.74. The van der Waals surface area contributed by atoms with E-state index < -0.39 is 0 Å². The van der Waals surface area contributed by atoms with Crippen LogP contribution in [0.5, 0.6) is 0 Å². The summed E-state index contributed by atoms with van der Waals surface area (Å²) < 4.78 is 15.7. The number of hydrogen-bond acceptors (Lipinski definition) is 5. The van der Waals surface area contributed by atoms with Gasteiger partial charge in [0, 0.05) is 11.4 Å². The van der Waals surface area contributed by atoms with Crippen LogP contribution >= 0.6 is 11.3 Å². The lowest BCUT2D eigenvalue weighted by Gasteiger charge is -2.26. The van der Waals surface area contributed by atoms with Gasteiger partial charge in [-0.2, -0.15) is 0 Å². The molecule has 0 aliphatic rings. The Hall–Kier alpha value is -2.96. The first-order chi connectivity index (χ1) is 12.3. The second-order valence-corrected chi connectivity index (χ2v) is 6.41. The molecular formula is C19H15FN4S. The van der Waals surface area contributed by atoms with Gasteiger partial charge >= 0.3 is 0 Å². The summed E-state index contributed by atoms with van der Waals surface area (Å²) in [5.74, 6) is 5.18. The van der Waals surface area contributed by atoms with Gasteiger partial charge in [-0.1, -0.05) is 47.7 Å². The molecule has 3 aromatic carbocycles. The van der Waals surface area contributed by atoms with E-state index in [0.29, 0.717) is 16.3 Å². The summed E-state index contributed by atoms with van der Waals surface area (Å²) >= 11 is 1.33. The van der Waals surface area contributed by atoms with Gasteiger partial charge in [0.05, 0.1) is 10.2 Å². The van der Waals surface area contributed by atoms with Gasteiger partial charge in [0.2, 0.25) is 0 Å². The zero-order valence-electron chi connectivity index (χ0n) is 13.2. The molecule has 1 heterocycles. The van der Waals surface area contributed by atoms with Crippen LogP contribution in [0.25, 0.3) is 10.2 Å². The zero-order valence-corrected chi connectivity index (χ0v) is 14.0. The normalized spacial score (nSPS) is 10.8. The van der Waals surface area contributed by atoms with Crippen LogP contribution in [0, 0.1) is 5.82 Å². The number of anilines is 4. The zero-order chi connectivity index (χ0) is 17.2. The predicted molar refractivity (Wildman–Crippen MR) is 102 cm³/mol. The Kier molecular flexibility index (Phi) is 4.05. The molecule has 0 spiro atoms. The molecule has 0 fully saturated rings. The van der Waals surface area contributed by atoms with Crippen molar-refractivity contribution in [1.29, 1.82) is 0 Å². The van der Waals surface area contributed by atoms with Crippen molar-refractivity contribution in [2.75, 3.05) is 10.3 Å². The van der Waals surface area contributed by atoms with Crippen molar-refractivity contribution in [3.63, 3.8) is 0 Å². The Morgan fingerprint density at radius 2 is 1.48 bits per heavy atom. The van der Waals surface area contributed by atoms with Crippen LogP contribution in [0.1, 0.15) is 0 Å². The van der Waals surface area contributed by atoms with Crippen molar-refractivity contribution in [3.8, 4) is 0 Å². The van der Waals surface area contributed by atoms with E-state index in [9.17, 15) is 4.39 Å². The van der Waals surface area contributed by atoms with E-state index in [0.717, 1.165) is 16.1 Å². The third kappa shape index (κ3) is 2.82. The fourth-order valence-electron chi connectivity index (χ4n) is 2.79. The Morgan fingerprint density at radius 3 is 2.04 bits per heavy atom. The van der Waals surface area contributed by atoms with Gasteiger partial charge in [-0.25, -0.2) is 15.2 Å². The molecule has 1 aromatic heterocycles. The van der Waals surface area contributed by atoms with Gasteiger partial charge in [0.25, 0.3) is 0 Å². The number of nitrogens with two attached hydrogens (primary N) is 1. The SMILES string of the molecule is NNc1nc2ccc(F)c(N(c3ccccc3)c3ccccc3)c2s1. The number of thiazole rings is 1. The standard InChI is InChI=1S/C19H15FN4S/c20-15-11-12-16-18(25-19(22-16)23-21)17(15)24(13-7-3-1-4-8-13)14-9-5-2-6-10-14/h1-12H,21H2,(H,22,23). The van der Waals surface area contributed by atoms with E-state index in [4.69, 9.17) is 5.84 Å². The first-order valence-corrected chi connectivity index (χ1v) is 8.55. The molecule has 3 N–H and O–H groups in total. The van der Waals surface area contributed by atoms with Crippen molar-refractivity contribution < 1.29 is 4.39 Å². The van der Waals surface area contributed by atoms with Gasteiger partial charge in [-0.3, -0.25) is 5.43 Å². The van der Waals surface area contributed by atoms with Crippen LogP contribution in [0.2, 0.25) is 0 Å². The summed E-state index contributed by atoms with van der Waals surface area (Å²) in [6, 6.07) is 22.5. The molecule has 4 rings (SSSR count). The van der Waals surface area contributed by atoms with Gasteiger partial charge < -0.3 is 4.90 Å². The van der Waals surface area contributed by atoms with Crippen LogP contribution in [-0.4, -0.2) is 4.98 Å². The van der Waals surface area contributed by atoms with Crippen molar-refractivity contribution in [2.24, 2.45) is 5.84 Å². The summed E-state index contributed by atoms with van der Waals surface area (Å²) in [5.41, 5.74) is 5.46. The molecule has 0 saturated heterocycles. The van der Waals surface area contributed by atoms with Crippen molar-refractivity contribution in [3.05, 3.63) is 78.6 Å². The molecule has 0 amide bonds. The summed E-state index contributed by atoms with van der Waals surface area (Å²) in [7, 11) is 0. The van der Waals surface area contributed by atoms with Gasteiger partial charge in [0.15, 0.2) is 5.13 Å². The molecular weight excluding hydrogens is 335 g/mol. The maximum atomic E-state index is 14.9. The Morgan fingerprint density at radius 1 is 0.880 bits per heavy atom. The topological polar surface area (TPSA) is 54.2 Å². The van der Waals surface area contributed by atoms with E-state index >= 15 is 0 Å². The third-order valence-electron chi connectivity index (χ3n) is 3.86. The number of hydrogen-bond donors (Lipinski definition) is 2. The van der Waals surface area contributed by atoms with Crippen molar-refractivity contribution >= 4 is 43.7 Å². The van der Waals surface area contributed by atoms with Gasteiger partial charge in [0.1, 0.15) is 11.5 Å². The summed E-state index contributed by atoms with van der Waals surface area (Å²) in [6.07, 6.45) is 0. The van der Waals surface area contributed by atoms with Crippen LogP contribution in [0.15, 0.2) is 72.8 Å². The average Bonchev–Trinajstić information content (AvgIpc) is 3.09. The quantitative estimate of drug-likeness (QED) is 0.393. The van der Waals surface area contributed by atoms with E-state index in [2.05, 4.69) is 10.4 Å². The lowest BCUT2D eigenvalue weighted by Crippen LogP contribution is -2.11. The Labute approximate surface area is 148 Å². The molecule has 0 atom stereocenters. The number of fused-ring (bicyclic) bond motifs is 1. The third-order valence-corrected chi connectivity index (χ3v) is 4.87. The van der Waals surface area contributed by atoms with E-state index in [1.165, 1.54) is 17.4 Å². The number of nitrogens with one attached hydrogen (secondary N) is 1. The fraction of sp³-hybridized carbons (Fsp3) is 0. The Bertz CT molecular complexity index is 963. The Balaban J connectivity index is 2.01. The number of aromatic nitrogens is 1. The molecule has 0 aliphatic heterocycles. The number of benzene rings is 3. The highest BCUT2D eigenvalue weighted by Gasteiger charge is 2.21.